The summed E-state index contributed by atoms with van der Waals surface area (Å²) in [6.45, 7) is 1.88. The first kappa shape index (κ1) is 17.2. The van der Waals surface area contributed by atoms with Crippen molar-refractivity contribution in [2.75, 3.05) is 19.0 Å². The Bertz CT molecular complexity index is 813. The summed E-state index contributed by atoms with van der Waals surface area (Å²) in [6, 6.07) is 7.78. The van der Waals surface area contributed by atoms with Crippen LogP contribution in [0.5, 0.6) is 0 Å². The third-order valence-corrected chi connectivity index (χ3v) is 5.10. The van der Waals surface area contributed by atoms with E-state index in [1.165, 1.54) is 14.0 Å². The molecule has 1 unspecified atom stereocenters. The lowest BCUT2D eigenvalue weighted by Gasteiger charge is -2.34. The first-order valence-electron chi connectivity index (χ1n) is 7.84. The van der Waals surface area contributed by atoms with Crippen molar-refractivity contribution < 1.29 is 19.1 Å². The van der Waals surface area contributed by atoms with E-state index in [1.54, 1.807) is 40.5 Å². The van der Waals surface area contributed by atoms with Gasteiger partial charge in [0, 0.05) is 29.6 Å². The van der Waals surface area contributed by atoms with Crippen LogP contribution in [-0.2, 0) is 20.7 Å². The van der Waals surface area contributed by atoms with Crippen LogP contribution in [0.4, 0.5) is 5.69 Å². The van der Waals surface area contributed by atoms with Crippen molar-refractivity contribution in [1.29, 1.82) is 0 Å². The number of amides is 2. The lowest BCUT2D eigenvalue weighted by molar-refractivity contribution is -0.146. The molecule has 0 aliphatic carbocycles. The minimum absolute atomic E-state index is 0.175. The molecule has 1 aliphatic heterocycles. The number of hydrogen-bond acceptors (Lipinski definition) is 5. The molecule has 0 radical (unpaired) electrons. The fraction of sp³-hybridized carbons (Fsp3) is 0.278. The molecule has 1 aromatic carbocycles. The highest BCUT2D eigenvalue weighted by atomic mass is 32.1. The number of nitrogens with one attached hydrogen (secondary N) is 1. The zero-order chi connectivity index (χ0) is 18.0. The topological polar surface area (TPSA) is 75.7 Å². The van der Waals surface area contributed by atoms with Crippen molar-refractivity contribution in [3.63, 3.8) is 0 Å². The number of hydrogen-bond donors (Lipinski definition) is 1. The fourth-order valence-corrected chi connectivity index (χ4v) is 3.87. The van der Waals surface area contributed by atoms with E-state index in [2.05, 4.69) is 5.32 Å². The van der Waals surface area contributed by atoms with Crippen molar-refractivity contribution in [3.05, 3.63) is 51.7 Å². The summed E-state index contributed by atoms with van der Waals surface area (Å²) in [5.74, 6) is -0.852. The normalized spacial score (nSPS) is 16.1. The highest BCUT2D eigenvalue weighted by Crippen LogP contribution is 2.35. The van der Waals surface area contributed by atoms with Gasteiger partial charge in [-0.2, -0.15) is 0 Å². The summed E-state index contributed by atoms with van der Waals surface area (Å²) >= 11 is 1.59. The standard InChI is InChI=1S/C18H18N2O4S/c1-11(21)19-13-5-3-12(4-6-13)17(22)20-9-7-15-14(8-10-25-15)16(20)18(23)24-2/h3-6,8,10,16H,7,9H2,1-2H3,(H,19,21). The molecule has 0 bridgehead atoms. The molecule has 1 aromatic heterocycles. The summed E-state index contributed by atoms with van der Waals surface area (Å²) in [7, 11) is 1.33. The third-order valence-electron chi connectivity index (χ3n) is 4.10. The predicted molar refractivity (Wildman–Crippen MR) is 94.6 cm³/mol. The summed E-state index contributed by atoms with van der Waals surface area (Å²) in [5.41, 5.74) is 1.92. The summed E-state index contributed by atoms with van der Waals surface area (Å²) < 4.78 is 4.92. The highest BCUT2D eigenvalue weighted by molar-refractivity contribution is 7.10. The molecule has 0 saturated heterocycles. The van der Waals surface area contributed by atoms with Crippen LogP contribution in [0.3, 0.4) is 0 Å². The number of nitrogens with zero attached hydrogens (tertiary/aromatic N) is 1. The van der Waals surface area contributed by atoms with E-state index >= 15 is 0 Å². The average molecular weight is 358 g/mol. The van der Waals surface area contributed by atoms with Crippen LogP contribution < -0.4 is 5.32 Å². The van der Waals surface area contributed by atoms with Gasteiger partial charge < -0.3 is 15.0 Å². The van der Waals surface area contributed by atoms with Gasteiger partial charge in [-0.15, -0.1) is 11.3 Å². The number of fused-ring (bicyclic) bond motifs is 1. The molecule has 6 nitrogen and oxygen atoms in total. The average Bonchev–Trinajstić information content (AvgIpc) is 3.08. The van der Waals surface area contributed by atoms with E-state index in [0.717, 1.165) is 16.9 Å². The zero-order valence-electron chi connectivity index (χ0n) is 13.9. The first-order chi connectivity index (χ1) is 12.0. The Morgan fingerprint density at radius 2 is 1.92 bits per heavy atom. The maximum Gasteiger partial charge on any atom is 0.333 e. The predicted octanol–water partition coefficient (Wildman–Crippen LogP) is 2.62. The van der Waals surface area contributed by atoms with Crippen LogP contribution in [0.25, 0.3) is 0 Å². The zero-order valence-corrected chi connectivity index (χ0v) is 14.8. The number of anilines is 1. The van der Waals surface area contributed by atoms with Gasteiger partial charge in [-0.05, 0) is 47.7 Å². The number of methoxy groups -OCH3 is 1. The van der Waals surface area contributed by atoms with Crippen molar-refractivity contribution >= 4 is 34.8 Å². The Kier molecular flexibility index (Phi) is 4.85. The molecule has 130 valence electrons. The van der Waals surface area contributed by atoms with E-state index in [-0.39, 0.29) is 11.8 Å². The van der Waals surface area contributed by atoms with Crippen molar-refractivity contribution in [2.45, 2.75) is 19.4 Å². The molecule has 0 fully saturated rings. The van der Waals surface area contributed by atoms with E-state index in [0.29, 0.717) is 17.8 Å². The van der Waals surface area contributed by atoms with Gasteiger partial charge in [-0.25, -0.2) is 4.79 Å². The second kappa shape index (κ2) is 7.06. The summed E-state index contributed by atoms with van der Waals surface area (Å²) in [5, 5.41) is 4.59. The molecule has 2 amide bonds. The Labute approximate surface area is 149 Å². The van der Waals surface area contributed by atoms with Gasteiger partial charge in [0.1, 0.15) is 0 Å². The van der Waals surface area contributed by atoms with Crippen LogP contribution >= 0.6 is 11.3 Å². The molecule has 1 aliphatic rings. The van der Waals surface area contributed by atoms with E-state index in [1.807, 2.05) is 11.4 Å². The molecule has 2 aromatic rings. The van der Waals surface area contributed by atoms with Crippen LogP contribution in [-0.4, -0.2) is 36.3 Å². The van der Waals surface area contributed by atoms with E-state index in [4.69, 9.17) is 4.74 Å². The maximum atomic E-state index is 12.9. The largest absolute Gasteiger partial charge is 0.467 e. The summed E-state index contributed by atoms with van der Waals surface area (Å²) in [4.78, 5) is 39.0. The van der Waals surface area contributed by atoms with Crippen molar-refractivity contribution in [2.24, 2.45) is 0 Å². The Balaban J connectivity index is 1.87. The number of carbonyl (C=O) groups is 3. The molecule has 1 atom stereocenters. The van der Waals surface area contributed by atoms with Crippen LogP contribution in [0.15, 0.2) is 35.7 Å². The second-order valence-electron chi connectivity index (χ2n) is 5.73. The number of rotatable bonds is 3. The highest BCUT2D eigenvalue weighted by Gasteiger charge is 2.37. The molecular formula is C18H18N2O4S. The molecule has 3 rings (SSSR count). The number of thiophene rings is 1. The van der Waals surface area contributed by atoms with Crippen LogP contribution in [0.1, 0.15) is 33.8 Å². The van der Waals surface area contributed by atoms with Crippen LogP contribution in [0, 0.1) is 0 Å². The lowest BCUT2D eigenvalue weighted by Crippen LogP contribution is -2.43. The quantitative estimate of drug-likeness (QED) is 0.856. The number of ether oxygens (including phenoxy) is 1. The SMILES string of the molecule is COC(=O)C1c2ccsc2CCN1C(=O)c1ccc(NC(C)=O)cc1. The van der Waals surface area contributed by atoms with Gasteiger partial charge in [0.15, 0.2) is 6.04 Å². The minimum Gasteiger partial charge on any atom is -0.467 e. The lowest BCUT2D eigenvalue weighted by atomic mass is 9.98. The second-order valence-corrected chi connectivity index (χ2v) is 6.73. The van der Waals surface area contributed by atoms with Gasteiger partial charge in [0.2, 0.25) is 5.91 Å². The molecule has 7 heteroatoms. The van der Waals surface area contributed by atoms with Gasteiger partial charge in [0.05, 0.1) is 7.11 Å². The van der Waals surface area contributed by atoms with Crippen molar-refractivity contribution in [1.82, 2.24) is 4.90 Å². The molecule has 1 N–H and O–H groups in total. The first-order valence-corrected chi connectivity index (χ1v) is 8.72. The maximum absolute atomic E-state index is 12.9. The molecule has 2 heterocycles. The summed E-state index contributed by atoms with van der Waals surface area (Å²) in [6.07, 6.45) is 0.718. The fourth-order valence-electron chi connectivity index (χ4n) is 2.97. The van der Waals surface area contributed by atoms with Gasteiger partial charge in [-0.3, -0.25) is 9.59 Å². The van der Waals surface area contributed by atoms with E-state index in [9.17, 15) is 14.4 Å². The van der Waals surface area contributed by atoms with E-state index < -0.39 is 12.0 Å². The number of carbonyl (C=O) groups excluding carboxylic acids is 3. The van der Waals surface area contributed by atoms with Crippen LogP contribution in [0.2, 0.25) is 0 Å². The monoisotopic (exact) mass is 358 g/mol. The number of esters is 1. The molecule has 25 heavy (non-hydrogen) atoms. The Morgan fingerprint density at radius 1 is 1.20 bits per heavy atom. The molecule has 0 saturated carbocycles. The minimum atomic E-state index is -0.720. The van der Waals surface area contributed by atoms with Crippen molar-refractivity contribution in [3.8, 4) is 0 Å². The van der Waals surface area contributed by atoms with Gasteiger partial charge in [-0.1, -0.05) is 0 Å². The van der Waals surface area contributed by atoms with Gasteiger partial charge in [0.25, 0.3) is 5.91 Å². The Morgan fingerprint density at radius 3 is 2.56 bits per heavy atom. The molecular weight excluding hydrogens is 340 g/mol. The third kappa shape index (κ3) is 3.41. The Hall–Kier alpha value is -2.67. The molecule has 0 spiro atoms. The number of benzene rings is 1. The smallest absolute Gasteiger partial charge is 0.333 e. The van der Waals surface area contributed by atoms with Gasteiger partial charge >= 0.3 is 5.97 Å².